The fourth-order valence-electron chi connectivity index (χ4n) is 4.49. The van der Waals surface area contributed by atoms with Crippen molar-refractivity contribution in [2.45, 2.75) is 6.54 Å². The number of hydrogen-bond donors (Lipinski definition) is 0. The quantitative estimate of drug-likeness (QED) is 0.388. The molecule has 0 spiro atoms. The molecule has 0 bridgehead atoms. The van der Waals surface area contributed by atoms with Crippen LogP contribution >= 0.6 is 0 Å². The third kappa shape index (κ3) is 3.88. The van der Waals surface area contributed by atoms with E-state index in [4.69, 9.17) is 0 Å². The number of carbonyl (C=O) groups excluding carboxylic acids is 1. The third-order valence-corrected chi connectivity index (χ3v) is 6.44. The number of benzene rings is 2. The first kappa shape index (κ1) is 22.0. The average Bonchev–Trinajstić information content (AvgIpc) is 3.46. The van der Waals surface area contributed by atoms with Crippen molar-refractivity contribution in [3.8, 4) is 11.3 Å². The van der Waals surface area contributed by atoms with E-state index >= 15 is 0 Å². The Morgan fingerprint density at radius 1 is 0.861 bits per heavy atom. The molecule has 9 nitrogen and oxygen atoms in total. The summed E-state index contributed by atoms with van der Waals surface area (Å²) in [6, 6.07) is 14.0. The second kappa shape index (κ2) is 8.59. The summed E-state index contributed by atoms with van der Waals surface area (Å²) in [5, 5.41) is 8.92. The second-order valence-electron chi connectivity index (χ2n) is 8.64. The number of hydrogen-bond acceptors (Lipinski definition) is 5. The SMILES string of the molecule is O=C(Cn1nc2c3cc(-c4ccc(F)cc4)nn3ccn2c1=O)N1CCN(c2ccc(F)cc2)CC1. The van der Waals surface area contributed by atoms with Gasteiger partial charge in [0.1, 0.15) is 23.7 Å². The minimum atomic E-state index is -0.421. The van der Waals surface area contributed by atoms with E-state index in [1.165, 1.54) is 28.7 Å². The van der Waals surface area contributed by atoms with Crippen molar-refractivity contribution >= 4 is 22.8 Å². The molecule has 0 aliphatic carbocycles. The summed E-state index contributed by atoms with van der Waals surface area (Å²) in [6.07, 6.45) is 3.20. The summed E-state index contributed by atoms with van der Waals surface area (Å²) in [5.41, 5.74) is 2.79. The number of fused-ring (bicyclic) bond motifs is 3. The van der Waals surface area contributed by atoms with Gasteiger partial charge in [0.2, 0.25) is 5.91 Å². The molecule has 0 unspecified atom stereocenters. The number of piperazine rings is 1. The predicted octanol–water partition coefficient (Wildman–Crippen LogP) is 2.44. The van der Waals surface area contributed by atoms with Gasteiger partial charge in [-0.25, -0.2) is 27.2 Å². The summed E-state index contributed by atoms with van der Waals surface area (Å²) >= 11 is 0. The zero-order valence-corrected chi connectivity index (χ0v) is 19.1. The van der Waals surface area contributed by atoms with Crippen LogP contribution in [0, 0.1) is 11.6 Å². The highest BCUT2D eigenvalue weighted by Crippen LogP contribution is 2.22. The normalized spacial score (nSPS) is 14.2. The van der Waals surface area contributed by atoms with Gasteiger partial charge in [-0.3, -0.25) is 4.79 Å². The van der Waals surface area contributed by atoms with Crippen LogP contribution in [0.4, 0.5) is 14.5 Å². The number of rotatable bonds is 4. The van der Waals surface area contributed by atoms with E-state index in [9.17, 15) is 18.4 Å². The maximum Gasteiger partial charge on any atom is 0.350 e. The van der Waals surface area contributed by atoms with Crippen LogP contribution in [-0.4, -0.2) is 60.8 Å². The molecule has 1 saturated heterocycles. The van der Waals surface area contributed by atoms with E-state index in [0.717, 1.165) is 15.9 Å². The summed E-state index contributed by atoms with van der Waals surface area (Å²) in [5.74, 6) is -0.821. The fraction of sp³-hybridized carbons (Fsp3) is 0.200. The first-order chi connectivity index (χ1) is 17.5. The van der Waals surface area contributed by atoms with Gasteiger partial charge in [-0.05, 0) is 54.6 Å². The second-order valence-corrected chi connectivity index (χ2v) is 8.64. The van der Waals surface area contributed by atoms with E-state index in [0.29, 0.717) is 43.0 Å². The van der Waals surface area contributed by atoms with E-state index in [1.807, 2.05) is 0 Å². The summed E-state index contributed by atoms with van der Waals surface area (Å²) < 4.78 is 30.6. The molecular formula is C25H21F2N7O2. The molecule has 6 rings (SSSR count). The number of carbonyl (C=O) groups is 1. The number of amides is 1. The maximum absolute atomic E-state index is 13.3. The van der Waals surface area contributed by atoms with Crippen LogP contribution in [0.2, 0.25) is 0 Å². The molecule has 0 atom stereocenters. The van der Waals surface area contributed by atoms with Crippen molar-refractivity contribution < 1.29 is 13.6 Å². The van der Waals surface area contributed by atoms with Gasteiger partial charge in [0, 0.05) is 49.8 Å². The monoisotopic (exact) mass is 489 g/mol. The van der Waals surface area contributed by atoms with Gasteiger partial charge in [0.05, 0.1) is 5.69 Å². The maximum atomic E-state index is 13.3. The highest BCUT2D eigenvalue weighted by Gasteiger charge is 2.23. The van der Waals surface area contributed by atoms with Crippen molar-refractivity contribution in [3.63, 3.8) is 0 Å². The van der Waals surface area contributed by atoms with Gasteiger partial charge in [0.25, 0.3) is 0 Å². The Labute approximate surface area is 203 Å². The lowest BCUT2D eigenvalue weighted by Crippen LogP contribution is -2.50. The highest BCUT2D eigenvalue weighted by molar-refractivity contribution is 5.78. The molecule has 0 N–H and O–H groups in total. The van der Waals surface area contributed by atoms with Crippen LogP contribution in [0.25, 0.3) is 22.4 Å². The summed E-state index contributed by atoms with van der Waals surface area (Å²) in [7, 11) is 0. The van der Waals surface area contributed by atoms with E-state index in [2.05, 4.69) is 15.1 Å². The van der Waals surface area contributed by atoms with Crippen molar-refractivity contribution in [1.29, 1.82) is 0 Å². The van der Waals surface area contributed by atoms with Crippen molar-refractivity contribution in [1.82, 2.24) is 28.7 Å². The molecule has 36 heavy (non-hydrogen) atoms. The standard InChI is InChI=1S/C25H21F2N7O2/c26-18-3-1-17(2-4-18)21-15-22-24-29-34(25(36)32(24)13-14-33(22)28-21)16-23(35)31-11-9-30(10-12-31)20-7-5-19(27)6-8-20/h1-8,13-15H,9-12,16H2. The van der Waals surface area contributed by atoms with Gasteiger partial charge >= 0.3 is 5.69 Å². The first-order valence-corrected chi connectivity index (χ1v) is 11.5. The summed E-state index contributed by atoms with van der Waals surface area (Å²) in [4.78, 5) is 29.7. The third-order valence-electron chi connectivity index (χ3n) is 6.44. The van der Waals surface area contributed by atoms with E-state index in [1.54, 1.807) is 52.1 Å². The molecule has 1 amide bonds. The smallest absolute Gasteiger partial charge is 0.350 e. The lowest BCUT2D eigenvalue weighted by Gasteiger charge is -2.36. The van der Waals surface area contributed by atoms with Gasteiger partial charge in [-0.2, -0.15) is 5.10 Å². The molecule has 4 heterocycles. The molecular weight excluding hydrogens is 468 g/mol. The van der Waals surface area contributed by atoms with Crippen molar-refractivity contribution in [2.75, 3.05) is 31.1 Å². The van der Waals surface area contributed by atoms with Gasteiger partial charge in [-0.15, -0.1) is 5.10 Å². The number of anilines is 1. The zero-order chi connectivity index (χ0) is 24.8. The Morgan fingerprint density at radius 2 is 1.53 bits per heavy atom. The molecule has 2 aromatic carbocycles. The lowest BCUT2D eigenvalue weighted by atomic mass is 10.1. The Hall–Kier alpha value is -4.54. The molecule has 1 aliphatic rings. The molecule has 1 aliphatic heterocycles. The fourth-order valence-corrected chi connectivity index (χ4v) is 4.49. The lowest BCUT2D eigenvalue weighted by molar-refractivity contribution is -0.132. The van der Waals surface area contributed by atoms with Crippen LogP contribution in [0.5, 0.6) is 0 Å². The first-order valence-electron chi connectivity index (χ1n) is 11.5. The Balaban J connectivity index is 1.21. The Morgan fingerprint density at radius 3 is 2.22 bits per heavy atom. The number of aromatic nitrogens is 5. The average molecular weight is 489 g/mol. The van der Waals surface area contributed by atoms with Crippen LogP contribution < -0.4 is 10.6 Å². The van der Waals surface area contributed by atoms with Crippen LogP contribution in [-0.2, 0) is 11.3 Å². The molecule has 182 valence electrons. The van der Waals surface area contributed by atoms with Gasteiger partial charge in [-0.1, -0.05) is 0 Å². The summed E-state index contributed by atoms with van der Waals surface area (Å²) in [6.45, 7) is 2.03. The van der Waals surface area contributed by atoms with E-state index < -0.39 is 5.69 Å². The molecule has 1 fully saturated rings. The van der Waals surface area contributed by atoms with Crippen LogP contribution in [0.15, 0.2) is 71.8 Å². The van der Waals surface area contributed by atoms with Crippen LogP contribution in [0.3, 0.4) is 0 Å². The zero-order valence-electron chi connectivity index (χ0n) is 19.1. The number of halogens is 2. The Kier molecular flexibility index (Phi) is 5.24. The minimum absolute atomic E-state index is 0.178. The minimum Gasteiger partial charge on any atom is -0.368 e. The van der Waals surface area contributed by atoms with Gasteiger partial charge < -0.3 is 9.80 Å². The molecule has 0 saturated carbocycles. The topological polar surface area (TPSA) is 80.1 Å². The van der Waals surface area contributed by atoms with Crippen LogP contribution in [0.1, 0.15) is 0 Å². The largest absolute Gasteiger partial charge is 0.368 e. The number of nitrogens with zero attached hydrogens (tertiary/aromatic N) is 7. The van der Waals surface area contributed by atoms with Crippen molar-refractivity contribution in [2.24, 2.45) is 0 Å². The van der Waals surface area contributed by atoms with Crippen molar-refractivity contribution in [3.05, 3.63) is 89.1 Å². The van der Waals surface area contributed by atoms with Gasteiger partial charge in [0.15, 0.2) is 5.65 Å². The highest BCUT2D eigenvalue weighted by atomic mass is 19.1. The predicted molar refractivity (Wildman–Crippen MR) is 129 cm³/mol. The van der Waals surface area contributed by atoms with E-state index in [-0.39, 0.29) is 24.1 Å². The molecule has 0 radical (unpaired) electrons. The molecule has 11 heteroatoms. The Bertz CT molecular complexity index is 1630. The molecule has 3 aromatic heterocycles. The molecule has 5 aromatic rings.